The fraction of sp³-hybridized carbons (Fsp3) is 0.250. The van der Waals surface area contributed by atoms with Crippen molar-refractivity contribution < 1.29 is 9.90 Å². The molecule has 0 spiro atoms. The van der Waals surface area contributed by atoms with Gasteiger partial charge in [0, 0.05) is 5.41 Å². The Morgan fingerprint density at radius 1 is 1.37 bits per heavy atom. The third-order valence-corrected chi connectivity index (χ3v) is 3.62. The van der Waals surface area contributed by atoms with Gasteiger partial charge in [0.05, 0.1) is 17.6 Å². The van der Waals surface area contributed by atoms with Crippen LogP contribution in [0.2, 0.25) is 0 Å². The second-order valence-electron chi connectivity index (χ2n) is 4.63. The lowest BCUT2D eigenvalue weighted by Crippen LogP contribution is -2.25. The van der Waals surface area contributed by atoms with Gasteiger partial charge in [0.15, 0.2) is 0 Å². The molecule has 2 rings (SSSR count). The quantitative estimate of drug-likeness (QED) is 0.842. The molecule has 1 aliphatic carbocycles. The number of hydrogen-bond donors (Lipinski definition) is 1. The molecular weight excluding hydrogens is 238 g/mol. The maximum Gasteiger partial charge on any atom is 0.314 e. The first-order valence-corrected chi connectivity index (χ1v) is 6.24. The van der Waals surface area contributed by atoms with Crippen LogP contribution in [-0.2, 0) is 10.2 Å². The third kappa shape index (κ3) is 2.30. The summed E-state index contributed by atoms with van der Waals surface area (Å²) in [6.45, 7) is 2.03. The van der Waals surface area contributed by atoms with Crippen molar-refractivity contribution in [3.8, 4) is 6.07 Å². The van der Waals surface area contributed by atoms with E-state index < -0.39 is 11.9 Å². The second kappa shape index (κ2) is 5.11. The molecule has 3 nitrogen and oxygen atoms in total. The van der Waals surface area contributed by atoms with Gasteiger partial charge >= 0.3 is 5.97 Å². The SMILES string of the molecule is CCC1(c2ccccc2C#N)C=CC(C(=O)O)C=C1. The predicted molar refractivity (Wildman–Crippen MR) is 72.5 cm³/mol. The number of rotatable bonds is 3. The molecule has 1 aliphatic rings. The van der Waals surface area contributed by atoms with Crippen LogP contribution in [0.15, 0.2) is 48.6 Å². The minimum absolute atomic E-state index is 0.377. The topological polar surface area (TPSA) is 61.1 Å². The van der Waals surface area contributed by atoms with Crippen LogP contribution < -0.4 is 0 Å². The fourth-order valence-corrected chi connectivity index (χ4v) is 2.43. The van der Waals surface area contributed by atoms with Crippen molar-refractivity contribution in [1.29, 1.82) is 5.26 Å². The highest BCUT2D eigenvalue weighted by molar-refractivity contribution is 5.75. The maximum atomic E-state index is 11.0. The highest BCUT2D eigenvalue weighted by Crippen LogP contribution is 2.36. The summed E-state index contributed by atoms with van der Waals surface area (Å²) in [6.07, 6.45) is 7.98. The molecule has 0 amide bonds. The second-order valence-corrected chi connectivity index (χ2v) is 4.63. The van der Waals surface area contributed by atoms with Crippen molar-refractivity contribution in [3.63, 3.8) is 0 Å². The summed E-state index contributed by atoms with van der Waals surface area (Å²) >= 11 is 0. The molecule has 0 heterocycles. The van der Waals surface area contributed by atoms with Crippen LogP contribution in [0.3, 0.4) is 0 Å². The zero-order valence-electron chi connectivity index (χ0n) is 10.7. The number of nitrogens with zero attached hydrogens (tertiary/aromatic N) is 1. The smallest absolute Gasteiger partial charge is 0.314 e. The van der Waals surface area contributed by atoms with Crippen LogP contribution in [-0.4, -0.2) is 11.1 Å². The molecular formula is C16H15NO2. The molecule has 1 aromatic rings. The van der Waals surface area contributed by atoms with E-state index in [9.17, 15) is 10.1 Å². The number of carboxylic acid groups (broad SMARTS) is 1. The van der Waals surface area contributed by atoms with Crippen LogP contribution in [0.1, 0.15) is 24.5 Å². The van der Waals surface area contributed by atoms with Crippen molar-refractivity contribution in [3.05, 3.63) is 59.7 Å². The van der Waals surface area contributed by atoms with E-state index in [1.807, 2.05) is 37.3 Å². The molecule has 0 fully saturated rings. The van der Waals surface area contributed by atoms with E-state index in [1.54, 1.807) is 18.2 Å². The van der Waals surface area contributed by atoms with Gasteiger partial charge in [-0.1, -0.05) is 49.4 Å². The molecule has 0 radical (unpaired) electrons. The maximum absolute atomic E-state index is 11.0. The first-order valence-electron chi connectivity index (χ1n) is 6.24. The summed E-state index contributed by atoms with van der Waals surface area (Å²) in [5.41, 5.74) is 1.18. The Labute approximate surface area is 112 Å². The average molecular weight is 253 g/mol. The van der Waals surface area contributed by atoms with Crippen molar-refractivity contribution in [2.75, 3.05) is 0 Å². The molecule has 0 saturated heterocycles. The number of nitriles is 1. The Bertz CT molecular complexity index is 579. The van der Waals surface area contributed by atoms with E-state index in [-0.39, 0.29) is 5.41 Å². The van der Waals surface area contributed by atoms with Gasteiger partial charge in [0.1, 0.15) is 0 Å². The van der Waals surface area contributed by atoms with E-state index in [2.05, 4.69) is 6.07 Å². The predicted octanol–water partition coefficient (Wildman–Crippen LogP) is 3.03. The highest BCUT2D eigenvalue weighted by Gasteiger charge is 2.30. The van der Waals surface area contributed by atoms with Gasteiger partial charge in [0.25, 0.3) is 0 Å². The molecule has 0 atom stereocenters. The van der Waals surface area contributed by atoms with Crippen LogP contribution >= 0.6 is 0 Å². The summed E-state index contributed by atoms with van der Waals surface area (Å²) in [7, 11) is 0. The first kappa shape index (κ1) is 13.1. The van der Waals surface area contributed by atoms with Gasteiger partial charge in [-0.25, -0.2) is 0 Å². The summed E-state index contributed by atoms with van der Waals surface area (Å²) in [5.74, 6) is -1.43. The van der Waals surface area contributed by atoms with Crippen LogP contribution in [0.5, 0.6) is 0 Å². The van der Waals surface area contributed by atoms with E-state index >= 15 is 0 Å². The van der Waals surface area contributed by atoms with Crippen LogP contribution in [0, 0.1) is 17.2 Å². The van der Waals surface area contributed by atoms with Gasteiger partial charge in [-0.15, -0.1) is 0 Å². The summed E-state index contributed by atoms with van der Waals surface area (Å²) in [4.78, 5) is 11.0. The molecule has 1 N–H and O–H groups in total. The minimum atomic E-state index is -0.856. The number of carbonyl (C=O) groups is 1. The monoisotopic (exact) mass is 253 g/mol. The average Bonchev–Trinajstić information content (AvgIpc) is 2.47. The first-order chi connectivity index (χ1) is 9.13. The number of carboxylic acids is 1. The van der Waals surface area contributed by atoms with Crippen molar-refractivity contribution >= 4 is 5.97 Å². The summed E-state index contributed by atoms with van der Waals surface area (Å²) in [6, 6.07) is 9.66. The number of allylic oxidation sites excluding steroid dienone is 2. The molecule has 19 heavy (non-hydrogen) atoms. The van der Waals surface area contributed by atoms with E-state index in [4.69, 9.17) is 5.11 Å². The van der Waals surface area contributed by atoms with Crippen LogP contribution in [0.4, 0.5) is 0 Å². The summed E-state index contributed by atoms with van der Waals surface area (Å²) in [5, 5.41) is 18.2. The largest absolute Gasteiger partial charge is 0.481 e. The van der Waals surface area contributed by atoms with Gasteiger partial charge < -0.3 is 5.11 Å². The fourth-order valence-electron chi connectivity index (χ4n) is 2.43. The number of aliphatic carboxylic acids is 1. The molecule has 3 heteroatoms. The zero-order valence-corrected chi connectivity index (χ0v) is 10.7. The molecule has 0 saturated carbocycles. The lowest BCUT2D eigenvalue weighted by Gasteiger charge is -2.30. The Balaban J connectivity index is 2.47. The van der Waals surface area contributed by atoms with Gasteiger partial charge in [0.2, 0.25) is 0 Å². The minimum Gasteiger partial charge on any atom is -0.481 e. The lowest BCUT2D eigenvalue weighted by molar-refractivity contribution is -0.138. The van der Waals surface area contributed by atoms with E-state index in [0.29, 0.717) is 5.56 Å². The normalized spacial score (nSPS) is 24.9. The molecule has 0 unspecified atom stereocenters. The standard InChI is InChI=1S/C16H15NO2/c1-2-16(9-7-12(8-10-16)15(18)19)14-6-4-3-5-13(14)11-17/h3-10,12H,2H2,1H3,(H,18,19). The Morgan fingerprint density at radius 2 is 2.00 bits per heavy atom. The molecule has 0 bridgehead atoms. The molecule has 96 valence electrons. The van der Waals surface area contributed by atoms with E-state index in [1.165, 1.54) is 0 Å². The van der Waals surface area contributed by atoms with Gasteiger partial charge in [-0.05, 0) is 18.1 Å². The van der Waals surface area contributed by atoms with Gasteiger partial charge in [-0.2, -0.15) is 5.26 Å². The van der Waals surface area contributed by atoms with Crippen molar-refractivity contribution in [1.82, 2.24) is 0 Å². The summed E-state index contributed by atoms with van der Waals surface area (Å²) < 4.78 is 0. The third-order valence-electron chi connectivity index (χ3n) is 3.62. The number of hydrogen-bond acceptors (Lipinski definition) is 2. The Hall–Kier alpha value is -2.34. The Morgan fingerprint density at radius 3 is 2.53 bits per heavy atom. The van der Waals surface area contributed by atoms with Crippen molar-refractivity contribution in [2.45, 2.75) is 18.8 Å². The van der Waals surface area contributed by atoms with E-state index in [0.717, 1.165) is 12.0 Å². The van der Waals surface area contributed by atoms with Gasteiger partial charge in [-0.3, -0.25) is 4.79 Å². The van der Waals surface area contributed by atoms with Crippen molar-refractivity contribution in [2.24, 2.45) is 5.92 Å². The molecule has 0 aliphatic heterocycles. The lowest BCUT2D eigenvalue weighted by atomic mass is 9.72. The Kier molecular flexibility index (Phi) is 3.52. The zero-order chi connectivity index (χ0) is 13.9. The molecule has 1 aromatic carbocycles. The molecule has 0 aromatic heterocycles. The van der Waals surface area contributed by atoms with Crippen LogP contribution in [0.25, 0.3) is 0 Å². The highest BCUT2D eigenvalue weighted by atomic mass is 16.4. The number of benzene rings is 1.